The summed E-state index contributed by atoms with van der Waals surface area (Å²) in [6, 6.07) is 9.95. The van der Waals surface area contributed by atoms with Gasteiger partial charge >= 0.3 is 0 Å². The molecule has 0 atom stereocenters. The lowest BCUT2D eigenvalue weighted by Gasteiger charge is -1.99. The summed E-state index contributed by atoms with van der Waals surface area (Å²) in [7, 11) is 0. The SMILES string of the molecule is Cc1ccc(-c2csc(NC(=O)c3cc(Br)c(Br)s3)n2)cc1. The molecule has 3 nitrogen and oxygen atoms in total. The van der Waals surface area contributed by atoms with E-state index in [-0.39, 0.29) is 5.91 Å². The molecule has 0 aliphatic carbocycles. The quantitative estimate of drug-likeness (QED) is 0.527. The number of anilines is 1. The van der Waals surface area contributed by atoms with E-state index in [1.54, 1.807) is 6.07 Å². The number of thiazole rings is 1. The minimum absolute atomic E-state index is 0.152. The van der Waals surface area contributed by atoms with Crippen LogP contribution in [0.3, 0.4) is 0 Å². The first-order chi connectivity index (χ1) is 10.5. The average molecular weight is 458 g/mol. The highest BCUT2D eigenvalue weighted by Gasteiger charge is 2.14. The maximum atomic E-state index is 12.2. The third kappa shape index (κ3) is 3.48. The average Bonchev–Trinajstić information content (AvgIpc) is 3.08. The van der Waals surface area contributed by atoms with Gasteiger partial charge in [-0.2, -0.15) is 0 Å². The molecule has 1 N–H and O–H groups in total. The standard InChI is InChI=1S/C15H10Br2N2OS2/c1-8-2-4-9(5-3-8)11-7-21-15(18-11)19-14(20)12-6-10(16)13(17)22-12/h2-7H,1H3,(H,18,19,20). The summed E-state index contributed by atoms with van der Waals surface area (Å²) in [5, 5.41) is 5.38. The van der Waals surface area contributed by atoms with Crippen LogP contribution in [0.4, 0.5) is 5.13 Å². The number of rotatable bonds is 3. The molecule has 0 unspecified atom stereocenters. The van der Waals surface area contributed by atoms with Crippen molar-refractivity contribution in [1.82, 2.24) is 4.98 Å². The molecular weight excluding hydrogens is 448 g/mol. The van der Waals surface area contributed by atoms with Crippen LogP contribution >= 0.6 is 54.5 Å². The van der Waals surface area contributed by atoms with Gasteiger partial charge < -0.3 is 0 Å². The second-order valence-electron chi connectivity index (χ2n) is 4.59. The molecule has 0 bridgehead atoms. The van der Waals surface area contributed by atoms with Gasteiger partial charge in [-0.15, -0.1) is 22.7 Å². The number of nitrogens with zero attached hydrogens (tertiary/aromatic N) is 1. The molecule has 0 spiro atoms. The molecule has 0 saturated heterocycles. The molecule has 1 amide bonds. The van der Waals surface area contributed by atoms with Gasteiger partial charge in [-0.1, -0.05) is 29.8 Å². The number of hydrogen-bond donors (Lipinski definition) is 1. The first-order valence-electron chi connectivity index (χ1n) is 6.31. The van der Waals surface area contributed by atoms with Gasteiger partial charge in [0.2, 0.25) is 0 Å². The van der Waals surface area contributed by atoms with E-state index in [2.05, 4.69) is 42.2 Å². The Labute approximate surface area is 152 Å². The Morgan fingerprint density at radius 2 is 1.95 bits per heavy atom. The van der Waals surface area contributed by atoms with Crippen LogP contribution < -0.4 is 5.32 Å². The highest BCUT2D eigenvalue weighted by molar-refractivity contribution is 9.13. The molecule has 0 aliphatic rings. The zero-order valence-electron chi connectivity index (χ0n) is 11.4. The number of hydrogen-bond acceptors (Lipinski definition) is 4. The second-order valence-corrected chi connectivity index (χ2v) is 8.67. The van der Waals surface area contributed by atoms with Crippen molar-refractivity contribution in [3.8, 4) is 11.3 Å². The summed E-state index contributed by atoms with van der Waals surface area (Å²) in [4.78, 5) is 17.3. The molecule has 0 radical (unpaired) electrons. The van der Waals surface area contributed by atoms with Gasteiger partial charge in [-0.05, 0) is 44.8 Å². The Morgan fingerprint density at radius 1 is 1.23 bits per heavy atom. The van der Waals surface area contributed by atoms with Crippen LogP contribution in [-0.2, 0) is 0 Å². The highest BCUT2D eigenvalue weighted by Crippen LogP contribution is 2.33. The molecule has 0 fully saturated rings. The monoisotopic (exact) mass is 456 g/mol. The van der Waals surface area contributed by atoms with Gasteiger partial charge in [0.1, 0.15) is 0 Å². The van der Waals surface area contributed by atoms with E-state index < -0.39 is 0 Å². The smallest absolute Gasteiger partial charge is 0.267 e. The van der Waals surface area contributed by atoms with Crippen LogP contribution in [0.25, 0.3) is 11.3 Å². The lowest BCUT2D eigenvalue weighted by atomic mass is 10.1. The van der Waals surface area contributed by atoms with Crippen molar-refractivity contribution in [2.24, 2.45) is 0 Å². The van der Waals surface area contributed by atoms with Crippen molar-refractivity contribution >= 4 is 65.6 Å². The van der Waals surface area contributed by atoms with Gasteiger partial charge in [0.25, 0.3) is 5.91 Å². The molecule has 3 aromatic rings. The van der Waals surface area contributed by atoms with Crippen LogP contribution in [-0.4, -0.2) is 10.9 Å². The fourth-order valence-electron chi connectivity index (χ4n) is 1.81. The number of benzene rings is 1. The molecule has 0 saturated carbocycles. The van der Waals surface area contributed by atoms with Crippen LogP contribution in [0.15, 0.2) is 44.0 Å². The topological polar surface area (TPSA) is 42.0 Å². The lowest BCUT2D eigenvalue weighted by Crippen LogP contribution is -2.09. The minimum atomic E-state index is -0.152. The van der Waals surface area contributed by atoms with Gasteiger partial charge in [-0.25, -0.2) is 4.98 Å². The molecule has 0 aliphatic heterocycles. The summed E-state index contributed by atoms with van der Waals surface area (Å²) in [6.07, 6.45) is 0. The van der Waals surface area contributed by atoms with Crippen LogP contribution in [0.5, 0.6) is 0 Å². The Kier molecular flexibility index (Phi) is 4.77. The molecule has 2 aromatic heterocycles. The second kappa shape index (κ2) is 6.62. The highest BCUT2D eigenvalue weighted by atomic mass is 79.9. The molecule has 3 rings (SSSR count). The zero-order valence-corrected chi connectivity index (χ0v) is 16.2. The molecule has 1 aromatic carbocycles. The molecule has 2 heterocycles. The Bertz CT molecular complexity index is 805. The molecule has 112 valence electrons. The number of thiophene rings is 1. The Hall–Kier alpha value is -1.02. The van der Waals surface area contributed by atoms with E-state index in [1.807, 2.05) is 36.6 Å². The number of amides is 1. The van der Waals surface area contributed by atoms with Gasteiger partial charge in [0, 0.05) is 15.4 Å². The molecule has 7 heteroatoms. The predicted molar refractivity (Wildman–Crippen MR) is 100.0 cm³/mol. The van der Waals surface area contributed by atoms with Crippen LogP contribution in [0.2, 0.25) is 0 Å². The minimum Gasteiger partial charge on any atom is -0.297 e. The third-order valence-electron chi connectivity index (χ3n) is 2.94. The van der Waals surface area contributed by atoms with Crippen LogP contribution in [0, 0.1) is 6.92 Å². The largest absolute Gasteiger partial charge is 0.297 e. The first-order valence-corrected chi connectivity index (χ1v) is 9.60. The fourth-order valence-corrected chi connectivity index (χ4v) is 4.45. The fraction of sp³-hybridized carbons (Fsp3) is 0.0667. The lowest BCUT2D eigenvalue weighted by molar-refractivity contribution is 0.103. The summed E-state index contributed by atoms with van der Waals surface area (Å²) in [6.45, 7) is 2.05. The Balaban J connectivity index is 1.76. The van der Waals surface area contributed by atoms with Crippen molar-refractivity contribution in [2.45, 2.75) is 6.92 Å². The normalized spacial score (nSPS) is 10.7. The third-order valence-corrected chi connectivity index (χ3v) is 6.95. The van der Waals surface area contributed by atoms with E-state index in [9.17, 15) is 4.79 Å². The van der Waals surface area contributed by atoms with Gasteiger partial charge in [-0.3, -0.25) is 10.1 Å². The summed E-state index contributed by atoms with van der Waals surface area (Å²) in [5.74, 6) is -0.152. The van der Waals surface area contributed by atoms with E-state index >= 15 is 0 Å². The van der Waals surface area contributed by atoms with E-state index in [4.69, 9.17) is 0 Å². The van der Waals surface area contributed by atoms with Gasteiger partial charge in [0.05, 0.1) is 14.4 Å². The number of carbonyl (C=O) groups is 1. The number of carbonyl (C=O) groups excluding carboxylic acids is 1. The van der Waals surface area contributed by atoms with Gasteiger partial charge in [0.15, 0.2) is 5.13 Å². The maximum Gasteiger partial charge on any atom is 0.267 e. The maximum absolute atomic E-state index is 12.2. The van der Waals surface area contributed by atoms with E-state index in [0.717, 1.165) is 19.5 Å². The number of nitrogens with one attached hydrogen (secondary N) is 1. The number of aromatic nitrogens is 1. The predicted octanol–water partition coefficient (Wildman–Crippen LogP) is 5.96. The molecular formula is C15H10Br2N2OS2. The Morgan fingerprint density at radius 3 is 2.59 bits per heavy atom. The summed E-state index contributed by atoms with van der Waals surface area (Å²) < 4.78 is 1.78. The number of halogens is 2. The summed E-state index contributed by atoms with van der Waals surface area (Å²) in [5.41, 5.74) is 3.12. The molecule has 22 heavy (non-hydrogen) atoms. The number of aryl methyl sites for hydroxylation is 1. The van der Waals surface area contributed by atoms with Crippen molar-refractivity contribution in [2.75, 3.05) is 5.32 Å². The van der Waals surface area contributed by atoms with Crippen molar-refractivity contribution in [3.05, 3.63) is 54.4 Å². The summed E-state index contributed by atoms with van der Waals surface area (Å²) >= 11 is 9.57. The van der Waals surface area contributed by atoms with Crippen molar-refractivity contribution in [1.29, 1.82) is 0 Å². The van der Waals surface area contributed by atoms with Crippen molar-refractivity contribution in [3.63, 3.8) is 0 Å². The zero-order chi connectivity index (χ0) is 15.7. The van der Waals surface area contributed by atoms with E-state index in [1.165, 1.54) is 28.2 Å². The first kappa shape index (κ1) is 15.9. The van der Waals surface area contributed by atoms with E-state index in [0.29, 0.717) is 10.0 Å². The van der Waals surface area contributed by atoms with Crippen LogP contribution in [0.1, 0.15) is 15.2 Å². The van der Waals surface area contributed by atoms with Crippen molar-refractivity contribution < 1.29 is 4.79 Å².